The van der Waals surface area contributed by atoms with Crippen LogP contribution in [0.3, 0.4) is 0 Å². The molecule has 1 unspecified atom stereocenters. The zero-order valence-corrected chi connectivity index (χ0v) is 13.1. The molecule has 1 fully saturated rings. The maximum Gasteiger partial charge on any atom is 0.187 e. The predicted molar refractivity (Wildman–Crippen MR) is 78.0 cm³/mol. The highest BCUT2D eigenvalue weighted by atomic mass is 16.7. The van der Waals surface area contributed by atoms with E-state index in [4.69, 9.17) is 9.47 Å². The number of aliphatic hydroxyl groups excluding tert-OH is 7. The van der Waals surface area contributed by atoms with Crippen molar-refractivity contribution in [2.45, 2.75) is 55.1 Å². The summed E-state index contributed by atoms with van der Waals surface area (Å²) in [6, 6.07) is 0. The summed E-state index contributed by atoms with van der Waals surface area (Å²) in [5, 5.41) is 69.0. The van der Waals surface area contributed by atoms with E-state index >= 15 is 0 Å². The summed E-state index contributed by atoms with van der Waals surface area (Å²) < 4.78 is 12.1. The molecule has 0 spiro atoms. The molecule has 1 aromatic rings. The molecule has 142 valence electrons. The van der Waals surface area contributed by atoms with Crippen LogP contribution in [-0.4, -0.2) is 101 Å². The second-order valence-electron chi connectivity index (χ2n) is 6.18. The monoisotopic (exact) mass is 362 g/mol. The first-order valence-corrected chi connectivity index (χ1v) is 7.86. The summed E-state index contributed by atoms with van der Waals surface area (Å²) in [6.07, 6.45) is -8.78. The Morgan fingerprint density at radius 1 is 1.00 bits per heavy atom. The third-order valence-electron chi connectivity index (χ3n) is 4.69. The van der Waals surface area contributed by atoms with E-state index in [1.807, 2.05) is 0 Å². The minimum atomic E-state index is -1.66. The molecule has 0 aromatic carbocycles. The van der Waals surface area contributed by atoms with Gasteiger partial charge in [-0.15, -0.1) is 0 Å². The standard InChI is InChI=1S/C14H22N2O9/c17-3-5-11(10(22)13(23)16-2-1-15-12(5)16)25-14-9(21)8(20)7(19)6(4-18)24-14/h1-2,5-11,13-14,17-23H,3-4H2/t5-,6-,7-,8+,9-,10+,11-,13?,14-/m1/s1. The van der Waals surface area contributed by atoms with E-state index in [1.165, 1.54) is 17.0 Å². The molecule has 1 aromatic heterocycles. The number of aromatic nitrogens is 2. The summed E-state index contributed by atoms with van der Waals surface area (Å²) in [5.41, 5.74) is 0. The average Bonchev–Trinajstić information content (AvgIpc) is 3.09. The van der Waals surface area contributed by atoms with E-state index in [2.05, 4.69) is 4.98 Å². The van der Waals surface area contributed by atoms with E-state index < -0.39 is 68.3 Å². The van der Waals surface area contributed by atoms with Gasteiger partial charge < -0.3 is 49.8 Å². The number of hydrogen-bond donors (Lipinski definition) is 7. The van der Waals surface area contributed by atoms with E-state index in [1.54, 1.807) is 0 Å². The minimum absolute atomic E-state index is 0.273. The van der Waals surface area contributed by atoms with Crippen LogP contribution >= 0.6 is 0 Å². The molecular formula is C14H22N2O9. The first-order chi connectivity index (χ1) is 11.9. The molecule has 0 bridgehead atoms. The van der Waals surface area contributed by atoms with Crippen LogP contribution in [0.25, 0.3) is 0 Å². The molecule has 11 nitrogen and oxygen atoms in total. The van der Waals surface area contributed by atoms with Crippen molar-refractivity contribution < 1.29 is 45.2 Å². The van der Waals surface area contributed by atoms with Crippen LogP contribution < -0.4 is 0 Å². The Labute approximate surface area is 142 Å². The van der Waals surface area contributed by atoms with Gasteiger partial charge in [0, 0.05) is 12.4 Å². The summed E-state index contributed by atoms with van der Waals surface area (Å²) in [5.74, 6) is -0.560. The van der Waals surface area contributed by atoms with Crippen molar-refractivity contribution in [1.29, 1.82) is 0 Å². The fraction of sp³-hybridized carbons (Fsp3) is 0.786. The lowest BCUT2D eigenvalue weighted by atomic mass is 9.92. The van der Waals surface area contributed by atoms with Gasteiger partial charge in [0.2, 0.25) is 0 Å². The van der Waals surface area contributed by atoms with Gasteiger partial charge in [-0.1, -0.05) is 0 Å². The molecule has 3 rings (SSSR count). The maximum atomic E-state index is 10.3. The molecule has 0 radical (unpaired) electrons. The second kappa shape index (κ2) is 7.23. The predicted octanol–water partition coefficient (Wildman–Crippen LogP) is -3.99. The SMILES string of the molecule is OC[C@H]1O[C@H](O[C@H]2[C@H](O)C(O)n3ccnc3[C@@H]2CO)[C@H](O)[C@@H](O)[C@@H]1O. The van der Waals surface area contributed by atoms with Crippen LogP contribution in [0.1, 0.15) is 18.0 Å². The van der Waals surface area contributed by atoms with Crippen molar-refractivity contribution in [2.75, 3.05) is 13.2 Å². The van der Waals surface area contributed by atoms with Gasteiger partial charge in [0.25, 0.3) is 0 Å². The molecule has 0 aliphatic carbocycles. The van der Waals surface area contributed by atoms with Gasteiger partial charge in [-0.3, -0.25) is 0 Å². The number of fused-ring (bicyclic) bond motifs is 1. The summed E-state index contributed by atoms with van der Waals surface area (Å²) in [6.45, 7) is -1.10. The van der Waals surface area contributed by atoms with Crippen LogP contribution in [0, 0.1) is 0 Å². The van der Waals surface area contributed by atoms with Crippen molar-refractivity contribution in [2.24, 2.45) is 0 Å². The smallest absolute Gasteiger partial charge is 0.187 e. The number of nitrogens with zero attached hydrogens (tertiary/aromatic N) is 2. The van der Waals surface area contributed by atoms with Crippen molar-refractivity contribution in [3.8, 4) is 0 Å². The van der Waals surface area contributed by atoms with Crippen LogP contribution in [-0.2, 0) is 9.47 Å². The highest BCUT2D eigenvalue weighted by Crippen LogP contribution is 2.36. The minimum Gasteiger partial charge on any atom is -0.396 e. The summed E-state index contributed by atoms with van der Waals surface area (Å²) in [4.78, 5) is 4.03. The lowest BCUT2D eigenvalue weighted by Gasteiger charge is -2.44. The zero-order valence-electron chi connectivity index (χ0n) is 13.1. The van der Waals surface area contributed by atoms with Gasteiger partial charge in [-0.2, -0.15) is 0 Å². The number of hydrogen-bond acceptors (Lipinski definition) is 10. The molecule has 0 saturated carbocycles. The number of imidazole rings is 1. The normalized spacial score (nSPS) is 44.5. The van der Waals surface area contributed by atoms with Crippen LogP contribution in [0.4, 0.5) is 0 Å². The third-order valence-corrected chi connectivity index (χ3v) is 4.69. The molecule has 0 amide bonds. The Balaban J connectivity index is 1.83. The van der Waals surface area contributed by atoms with Crippen LogP contribution in [0.15, 0.2) is 12.4 Å². The van der Waals surface area contributed by atoms with Gasteiger partial charge in [-0.05, 0) is 0 Å². The third kappa shape index (κ3) is 3.07. The van der Waals surface area contributed by atoms with Gasteiger partial charge in [0.1, 0.15) is 42.4 Å². The Kier molecular flexibility index (Phi) is 5.39. The van der Waals surface area contributed by atoms with Gasteiger partial charge in [0.15, 0.2) is 12.5 Å². The van der Waals surface area contributed by atoms with Gasteiger partial charge >= 0.3 is 0 Å². The fourth-order valence-corrected chi connectivity index (χ4v) is 3.25. The Morgan fingerprint density at radius 2 is 1.72 bits per heavy atom. The maximum absolute atomic E-state index is 10.3. The Bertz CT molecular complexity index is 582. The highest BCUT2D eigenvalue weighted by Gasteiger charge is 2.49. The molecule has 1 saturated heterocycles. The average molecular weight is 362 g/mol. The van der Waals surface area contributed by atoms with E-state index in [9.17, 15) is 35.7 Å². The molecule has 7 N–H and O–H groups in total. The molecule has 3 heterocycles. The van der Waals surface area contributed by atoms with Crippen molar-refractivity contribution >= 4 is 0 Å². The van der Waals surface area contributed by atoms with Gasteiger partial charge in [-0.25, -0.2) is 4.98 Å². The Morgan fingerprint density at radius 3 is 2.36 bits per heavy atom. The first kappa shape index (κ1) is 18.6. The molecular weight excluding hydrogens is 340 g/mol. The fourth-order valence-electron chi connectivity index (χ4n) is 3.25. The molecule has 9 atom stereocenters. The van der Waals surface area contributed by atoms with E-state index in [-0.39, 0.29) is 5.82 Å². The lowest BCUT2D eigenvalue weighted by Crippen LogP contribution is -2.61. The number of aliphatic hydroxyl groups is 7. The van der Waals surface area contributed by atoms with Crippen LogP contribution in [0.2, 0.25) is 0 Å². The summed E-state index contributed by atoms with van der Waals surface area (Å²) in [7, 11) is 0. The lowest BCUT2D eigenvalue weighted by molar-refractivity contribution is -0.325. The van der Waals surface area contributed by atoms with E-state index in [0.29, 0.717) is 0 Å². The summed E-state index contributed by atoms with van der Waals surface area (Å²) >= 11 is 0. The quantitative estimate of drug-likeness (QED) is 0.279. The largest absolute Gasteiger partial charge is 0.396 e. The molecule has 2 aliphatic heterocycles. The first-order valence-electron chi connectivity index (χ1n) is 7.86. The zero-order chi connectivity index (χ0) is 18.3. The number of ether oxygens (including phenoxy) is 2. The van der Waals surface area contributed by atoms with Crippen LogP contribution in [0.5, 0.6) is 0 Å². The van der Waals surface area contributed by atoms with Gasteiger partial charge in [0.05, 0.1) is 19.1 Å². The highest BCUT2D eigenvalue weighted by molar-refractivity contribution is 5.11. The second-order valence-corrected chi connectivity index (χ2v) is 6.18. The molecule has 11 heteroatoms. The number of rotatable bonds is 4. The Hall–Kier alpha value is -1.15. The van der Waals surface area contributed by atoms with Crippen molar-refractivity contribution in [1.82, 2.24) is 9.55 Å². The van der Waals surface area contributed by atoms with Crippen molar-refractivity contribution in [3.05, 3.63) is 18.2 Å². The molecule has 25 heavy (non-hydrogen) atoms. The molecule has 2 aliphatic rings. The van der Waals surface area contributed by atoms with E-state index in [0.717, 1.165) is 0 Å². The topological polar surface area (TPSA) is 178 Å². The van der Waals surface area contributed by atoms with Crippen molar-refractivity contribution in [3.63, 3.8) is 0 Å².